The van der Waals surface area contributed by atoms with E-state index in [1.54, 1.807) is 102 Å². The Morgan fingerprint density at radius 3 is 1.53 bits per heavy atom. The van der Waals surface area contributed by atoms with Crippen molar-refractivity contribution in [1.29, 1.82) is 0 Å². The van der Waals surface area contributed by atoms with Crippen molar-refractivity contribution in [3.8, 4) is 46.0 Å². The number of aryl methyl sites for hydroxylation is 1. The summed E-state index contributed by atoms with van der Waals surface area (Å²) in [6.45, 7) is 2.03. The molecule has 0 spiro atoms. The van der Waals surface area contributed by atoms with Crippen LogP contribution in [0, 0.1) is 6.92 Å². The van der Waals surface area contributed by atoms with E-state index in [1.807, 2.05) is 49.4 Å². The number of halogens is 3. The van der Waals surface area contributed by atoms with Crippen molar-refractivity contribution in [2.45, 2.75) is 13.1 Å². The van der Waals surface area contributed by atoms with E-state index in [2.05, 4.69) is 36.6 Å². The van der Waals surface area contributed by atoms with Crippen molar-refractivity contribution >= 4 is 43.6 Å². The second-order valence-corrected chi connectivity index (χ2v) is 13.5. The fourth-order valence-electron chi connectivity index (χ4n) is 7.69. The molecule has 0 amide bonds. The lowest BCUT2D eigenvalue weighted by atomic mass is 10.1. The van der Waals surface area contributed by atoms with Gasteiger partial charge in [0.15, 0.2) is 5.82 Å². The number of fused-ring (bicyclic) bond motifs is 6. The van der Waals surface area contributed by atoms with Crippen LogP contribution in [0.1, 0.15) is 11.1 Å². The number of hydrogen-bond donors (Lipinski definition) is 0. The highest BCUT2D eigenvalue weighted by molar-refractivity contribution is 6.12. The first-order chi connectivity index (χ1) is 27.8. The highest BCUT2D eigenvalue weighted by Crippen LogP contribution is 2.45. The molecule has 0 aliphatic carbocycles. The molecular weight excluding hydrogens is 726 g/mol. The molecule has 0 atom stereocenters. The van der Waals surface area contributed by atoms with Crippen LogP contribution in [-0.2, 0) is 6.18 Å². The van der Waals surface area contributed by atoms with Crippen molar-refractivity contribution < 1.29 is 22.6 Å². The summed E-state index contributed by atoms with van der Waals surface area (Å²) in [6, 6.07) is 39.6. The van der Waals surface area contributed by atoms with Gasteiger partial charge >= 0.3 is 6.18 Å². The van der Waals surface area contributed by atoms with E-state index in [1.165, 1.54) is 0 Å². The minimum Gasteiger partial charge on any atom is -0.457 e. The molecular formula is C46H29F3N6O2. The van der Waals surface area contributed by atoms with Gasteiger partial charge in [-0.2, -0.15) is 13.2 Å². The van der Waals surface area contributed by atoms with Crippen LogP contribution in [0.5, 0.6) is 23.0 Å². The van der Waals surface area contributed by atoms with Gasteiger partial charge in [0.2, 0.25) is 0 Å². The minimum atomic E-state index is -4.70. The largest absolute Gasteiger partial charge is 0.457 e. The van der Waals surface area contributed by atoms with E-state index >= 15 is 0 Å². The SMILES string of the molecule is Cc1cc(Oc2cc(Oc3cc(C(F)(F)F)c4c5ccccc5n(-c5ccccn5)c4c3)cc(-c3ncccn3)c2)cc2c1c1ccccc1n2-c1ccccn1. The molecule has 0 aliphatic heterocycles. The zero-order valence-electron chi connectivity index (χ0n) is 30.1. The van der Waals surface area contributed by atoms with Gasteiger partial charge in [-0.05, 0) is 79.2 Å². The number of aromatic nitrogens is 6. The lowest BCUT2D eigenvalue weighted by Crippen LogP contribution is -2.06. The molecule has 0 bridgehead atoms. The third-order valence-electron chi connectivity index (χ3n) is 9.93. The Morgan fingerprint density at radius 2 is 0.965 bits per heavy atom. The molecule has 8 nitrogen and oxygen atoms in total. The van der Waals surface area contributed by atoms with Crippen LogP contribution in [-0.4, -0.2) is 29.1 Å². The predicted octanol–water partition coefficient (Wildman–Crippen LogP) is 12.0. The lowest BCUT2D eigenvalue weighted by molar-refractivity contribution is -0.136. The smallest absolute Gasteiger partial charge is 0.417 e. The molecule has 10 aromatic rings. The Hall–Kier alpha value is -7.53. The highest BCUT2D eigenvalue weighted by atomic mass is 19.4. The molecule has 5 heterocycles. The molecule has 10 rings (SSSR count). The standard InChI is InChI=1S/C46H29F3N6O2/c1-28-21-30(26-39-43(28)34-11-2-4-13-37(34)54(39)41-15-6-8-17-50-41)56-31-22-29(45-52-19-10-20-53-45)23-32(24-31)57-33-25-36(46(47,48)49)44-35-12-3-5-14-38(35)55(40(44)27-33)42-16-7-9-18-51-42/h2-27H,1H3. The first-order valence-electron chi connectivity index (χ1n) is 18.1. The third-order valence-corrected chi connectivity index (χ3v) is 9.93. The Balaban J connectivity index is 1.12. The summed E-state index contributed by atoms with van der Waals surface area (Å²) in [5.41, 5.74) is 3.50. The molecule has 0 aliphatic rings. The van der Waals surface area contributed by atoms with Crippen LogP contribution in [0.25, 0.3) is 66.6 Å². The zero-order valence-corrected chi connectivity index (χ0v) is 30.1. The van der Waals surface area contributed by atoms with E-state index in [9.17, 15) is 13.2 Å². The summed E-state index contributed by atoms with van der Waals surface area (Å²) in [5, 5.41) is 2.65. The molecule has 5 aromatic carbocycles. The highest BCUT2D eigenvalue weighted by Gasteiger charge is 2.35. The summed E-state index contributed by atoms with van der Waals surface area (Å²) in [5.74, 6) is 2.73. The fraction of sp³-hybridized carbons (Fsp3) is 0.0435. The third kappa shape index (κ3) is 5.96. The Morgan fingerprint density at radius 1 is 0.474 bits per heavy atom. The molecule has 0 radical (unpaired) electrons. The summed E-state index contributed by atoms with van der Waals surface area (Å²) in [4.78, 5) is 18.0. The van der Waals surface area contributed by atoms with Gasteiger partial charge in [0.1, 0.15) is 34.6 Å². The average Bonchev–Trinajstić information content (AvgIpc) is 3.74. The lowest BCUT2D eigenvalue weighted by Gasteiger charge is -2.15. The molecule has 5 aromatic heterocycles. The van der Waals surface area contributed by atoms with Gasteiger partial charge in [-0.25, -0.2) is 19.9 Å². The Labute approximate surface area is 323 Å². The van der Waals surface area contributed by atoms with E-state index in [0.29, 0.717) is 45.1 Å². The van der Waals surface area contributed by atoms with Gasteiger partial charge in [-0.1, -0.05) is 48.5 Å². The number of para-hydroxylation sites is 2. The second-order valence-electron chi connectivity index (χ2n) is 13.5. The molecule has 0 unspecified atom stereocenters. The maximum absolute atomic E-state index is 15.0. The molecule has 276 valence electrons. The number of hydrogen-bond acceptors (Lipinski definition) is 6. The summed E-state index contributed by atoms with van der Waals surface area (Å²) >= 11 is 0. The van der Waals surface area contributed by atoms with E-state index in [4.69, 9.17) is 9.47 Å². The molecule has 0 saturated heterocycles. The van der Waals surface area contributed by atoms with Crippen molar-refractivity contribution in [3.63, 3.8) is 0 Å². The summed E-state index contributed by atoms with van der Waals surface area (Å²) in [7, 11) is 0. The first-order valence-corrected chi connectivity index (χ1v) is 18.1. The Bertz CT molecular complexity index is 3130. The average molecular weight is 755 g/mol. The number of ether oxygens (including phenoxy) is 2. The first kappa shape index (κ1) is 34.0. The van der Waals surface area contributed by atoms with E-state index in [-0.39, 0.29) is 16.9 Å². The molecule has 0 N–H and O–H groups in total. The van der Waals surface area contributed by atoms with Crippen LogP contribution < -0.4 is 9.47 Å². The van der Waals surface area contributed by atoms with Crippen LogP contribution in [0.2, 0.25) is 0 Å². The molecule has 57 heavy (non-hydrogen) atoms. The normalized spacial score (nSPS) is 11.9. The Kier molecular flexibility index (Phi) is 7.96. The van der Waals surface area contributed by atoms with Gasteiger partial charge in [-0.3, -0.25) is 9.13 Å². The van der Waals surface area contributed by atoms with Gasteiger partial charge in [0, 0.05) is 70.1 Å². The van der Waals surface area contributed by atoms with Crippen molar-refractivity contribution in [2.75, 3.05) is 0 Å². The fourth-order valence-corrected chi connectivity index (χ4v) is 7.69. The van der Waals surface area contributed by atoms with E-state index < -0.39 is 11.7 Å². The molecule has 11 heteroatoms. The predicted molar refractivity (Wildman–Crippen MR) is 215 cm³/mol. The summed E-state index contributed by atoms with van der Waals surface area (Å²) < 4.78 is 61.8. The minimum absolute atomic E-state index is 0.0240. The van der Waals surface area contributed by atoms with Crippen LogP contribution in [0.4, 0.5) is 13.2 Å². The van der Waals surface area contributed by atoms with Gasteiger partial charge in [-0.15, -0.1) is 0 Å². The number of alkyl halides is 3. The van der Waals surface area contributed by atoms with Gasteiger partial charge in [0.25, 0.3) is 0 Å². The zero-order chi connectivity index (χ0) is 38.7. The second kappa shape index (κ2) is 13.3. The number of rotatable bonds is 7. The number of nitrogens with zero attached hydrogens (tertiary/aromatic N) is 6. The van der Waals surface area contributed by atoms with E-state index in [0.717, 1.165) is 39.3 Å². The topological polar surface area (TPSA) is 79.9 Å². The van der Waals surface area contributed by atoms with Crippen LogP contribution >= 0.6 is 0 Å². The number of pyridine rings is 2. The number of benzene rings is 5. The summed E-state index contributed by atoms with van der Waals surface area (Å²) in [6.07, 6.45) is 1.90. The van der Waals surface area contributed by atoms with Crippen molar-refractivity contribution in [1.82, 2.24) is 29.1 Å². The van der Waals surface area contributed by atoms with Crippen LogP contribution in [0.3, 0.4) is 0 Å². The quantitative estimate of drug-likeness (QED) is 0.161. The maximum atomic E-state index is 15.0. The molecule has 0 saturated carbocycles. The van der Waals surface area contributed by atoms with Gasteiger partial charge in [0.05, 0.1) is 27.6 Å². The van der Waals surface area contributed by atoms with Crippen molar-refractivity contribution in [2.24, 2.45) is 0 Å². The van der Waals surface area contributed by atoms with Gasteiger partial charge < -0.3 is 9.47 Å². The monoisotopic (exact) mass is 754 g/mol. The van der Waals surface area contributed by atoms with Crippen molar-refractivity contribution in [3.05, 3.63) is 169 Å². The van der Waals surface area contributed by atoms with Crippen LogP contribution in [0.15, 0.2) is 158 Å². The molecule has 0 fully saturated rings. The maximum Gasteiger partial charge on any atom is 0.417 e.